The van der Waals surface area contributed by atoms with Crippen molar-refractivity contribution in [1.29, 1.82) is 0 Å². The average Bonchev–Trinajstić information content (AvgIpc) is 2.80. The molecule has 4 heterocycles. The first kappa shape index (κ1) is 23.1. The zero-order valence-electron chi connectivity index (χ0n) is 17.3. The molecule has 0 unspecified atom stereocenters. The van der Waals surface area contributed by atoms with Crippen molar-refractivity contribution >= 4 is 17.4 Å². The molecule has 0 bridgehead atoms. The summed E-state index contributed by atoms with van der Waals surface area (Å²) in [6, 6.07) is 2.45. The molecule has 0 radical (unpaired) electrons. The first-order valence-electron chi connectivity index (χ1n) is 10.4. The van der Waals surface area contributed by atoms with Gasteiger partial charge < -0.3 is 30.9 Å². The van der Waals surface area contributed by atoms with Crippen LogP contribution in [0.4, 0.5) is 24.7 Å². The molecular weight excluding hydrogens is 445 g/mol. The van der Waals surface area contributed by atoms with E-state index in [4.69, 9.17) is 4.74 Å². The van der Waals surface area contributed by atoms with Crippen LogP contribution in [0.2, 0.25) is 0 Å². The van der Waals surface area contributed by atoms with Gasteiger partial charge >= 0.3 is 6.18 Å². The smallest absolute Gasteiger partial charge is 0.388 e. The number of alkyl halides is 3. The highest BCUT2D eigenvalue weighted by molar-refractivity contribution is 5.92. The molecule has 10 nitrogen and oxygen atoms in total. The van der Waals surface area contributed by atoms with Crippen LogP contribution in [0.5, 0.6) is 0 Å². The number of hydrogen-bond donors (Lipinski definition) is 5. The SMILES string of the molecule is O=C(NC[C@H]1OC[C@H](Nc2cncc(C(F)(F)F)n2)[C@@H](O)[C@H]1O)c1ccc2c(n1)CCCN2. The molecule has 4 atom stereocenters. The molecule has 0 spiro atoms. The lowest BCUT2D eigenvalue weighted by molar-refractivity contribution is -0.141. The summed E-state index contributed by atoms with van der Waals surface area (Å²) in [6.45, 7) is 0.624. The summed E-state index contributed by atoms with van der Waals surface area (Å²) < 4.78 is 43.9. The van der Waals surface area contributed by atoms with Crippen molar-refractivity contribution in [3.8, 4) is 0 Å². The van der Waals surface area contributed by atoms with Gasteiger partial charge in [-0.25, -0.2) is 9.97 Å². The summed E-state index contributed by atoms with van der Waals surface area (Å²) in [5.74, 6) is -0.669. The normalized spacial score (nSPS) is 25.0. The van der Waals surface area contributed by atoms with E-state index in [9.17, 15) is 28.2 Å². The second-order valence-corrected chi connectivity index (χ2v) is 7.82. The van der Waals surface area contributed by atoms with Gasteiger partial charge in [0.15, 0.2) is 5.69 Å². The zero-order valence-corrected chi connectivity index (χ0v) is 17.3. The molecule has 4 rings (SSSR count). The number of halogens is 3. The van der Waals surface area contributed by atoms with E-state index in [2.05, 4.69) is 30.9 Å². The van der Waals surface area contributed by atoms with Gasteiger partial charge in [-0.15, -0.1) is 0 Å². The van der Waals surface area contributed by atoms with Crippen molar-refractivity contribution in [1.82, 2.24) is 20.3 Å². The van der Waals surface area contributed by atoms with Crippen LogP contribution >= 0.6 is 0 Å². The summed E-state index contributed by atoms with van der Waals surface area (Å²) in [5, 5.41) is 29.3. The summed E-state index contributed by atoms with van der Waals surface area (Å²) in [7, 11) is 0. The van der Waals surface area contributed by atoms with E-state index >= 15 is 0 Å². The number of hydrogen-bond acceptors (Lipinski definition) is 9. The minimum absolute atomic E-state index is 0.0931. The monoisotopic (exact) mass is 468 g/mol. The number of fused-ring (bicyclic) bond motifs is 1. The van der Waals surface area contributed by atoms with E-state index in [0.29, 0.717) is 6.20 Å². The zero-order chi connectivity index (χ0) is 23.6. The maximum absolute atomic E-state index is 12.8. The van der Waals surface area contributed by atoms with Gasteiger partial charge in [0, 0.05) is 13.1 Å². The molecule has 178 valence electrons. The average molecular weight is 468 g/mol. The van der Waals surface area contributed by atoms with Crippen LogP contribution in [0, 0.1) is 0 Å². The Bertz CT molecular complexity index is 1010. The molecular formula is C20H23F3N6O4. The Morgan fingerprint density at radius 2 is 2.03 bits per heavy atom. The molecule has 0 aromatic carbocycles. The maximum Gasteiger partial charge on any atom is 0.434 e. The third-order valence-corrected chi connectivity index (χ3v) is 5.47. The number of aliphatic hydroxyl groups excluding tert-OH is 2. The molecule has 1 saturated heterocycles. The maximum atomic E-state index is 12.8. The second-order valence-electron chi connectivity index (χ2n) is 7.82. The number of aryl methyl sites for hydroxylation is 1. The topological polar surface area (TPSA) is 142 Å². The highest BCUT2D eigenvalue weighted by Gasteiger charge is 2.39. The van der Waals surface area contributed by atoms with Crippen molar-refractivity contribution in [2.45, 2.75) is 43.4 Å². The van der Waals surface area contributed by atoms with E-state index < -0.39 is 42.1 Å². The van der Waals surface area contributed by atoms with Gasteiger partial charge in [-0.05, 0) is 25.0 Å². The van der Waals surface area contributed by atoms with Crippen molar-refractivity contribution in [3.63, 3.8) is 0 Å². The fraction of sp³-hybridized carbons (Fsp3) is 0.500. The Kier molecular flexibility index (Phi) is 6.63. The second kappa shape index (κ2) is 9.45. The number of nitrogens with zero attached hydrogens (tertiary/aromatic N) is 3. The number of rotatable bonds is 5. The fourth-order valence-electron chi connectivity index (χ4n) is 3.69. The van der Waals surface area contributed by atoms with Crippen LogP contribution in [0.15, 0.2) is 24.5 Å². The molecule has 2 aliphatic rings. The number of carbonyl (C=O) groups excluding carboxylic acids is 1. The standard InChI is InChI=1S/C20H23F3N6O4/c21-20(22,23)15-7-24-8-16(29-15)28-13-9-33-14(18(31)17(13)30)6-26-19(32)12-4-3-10-11(27-12)2-1-5-25-10/h3-4,7-8,13-14,17-18,25,30-31H,1-2,5-6,9H2,(H,26,32)(H,28,29)/t13-,14+,17+,18-/m0/s1. The van der Waals surface area contributed by atoms with Crippen LogP contribution in [-0.4, -0.2) is 75.1 Å². The highest BCUT2D eigenvalue weighted by Crippen LogP contribution is 2.28. The lowest BCUT2D eigenvalue weighted by Crippen LogP contribution is -2.58. The molecule has 2 aliphatic heterocycles. The Labute approximate surface area is 186 Å². The van der Waals surface area contributed by atoms with Crippen LogP contribution in [0.25, 0.3) is 0 Å². The third kappa shape index (κ3) is 5.31. The van der Waals surface area contributed by atoms with Gasteiger partial charge in [0.2, 0.25) is 0 Å². The minimum Gasteiger partial charge on any atom is -0.388 e. The number of anilines is 2. The van der Waals surface area contributed by atoms with E-state index in [1.165, 1.54) is 0 Å². The number of amides is 1. The van der Waals surface area contributed by atoms with Crippen LogP contribution in [0.1, 0.15) is 28.3 Å². The Hall–Kier alpha value is -3.03. The number of aromatic nitrogens is 3. The van der Waals surface area contributed by atoms with Gasteiger partial charge in [0.25, 0.3) is 5.91 Å². The van der Waals surface area contributed by atoms with Crippen LogP contribution < -0.4 is 16.0 Å². The lowest BCUT2D eigenvalue weighted by Gasteiger charge is -2.38. The Morgan fingerprint density at radius 1 is 1.21 bits per heavy atom. The first-order valence-corrected chi connectivity index (χ1v) is 10.4. The quantitative estimate of drug-likeness (QED) is 0.426. The minimum atomic E-state index is -4.67. The number of nitrogens with one attached hydrogen (secondary N) is 3. The summed E-state index contributed by atoms with van der Waals surface area (Å²) in [6.07, 6.45) is -5.03. The van der Waals surface area contributed by atoms with E-state index in [1.54, 1.807) is 12.1 Å². The molecule has 0 saturated carbocycles. The van der Waals surface area contributed by atoms with Gasteiger partial charge in [0.05, 0.1) is 36.4 Å². The van der Waals surface area contributed by atoms with E-state index in [1.807, 2.05) is 0 Å². The van der Waals surface area contributed by atoms with Crippen molar-refractivity contribution in [2.24, 2.45) is 0 Å². The Morgan fingerprint density at radius 3 is 2.82 bits per heavy atom. The lowest BCUT2D eigenvalue weighted by atomic mass is 9.98. The summed E-state index contributed by atoms with van der Waals surface area (Å²) in [4.78, 5) is 23.7. The first-order chi connectivity index (χ1) is 15.7. The number of pyridine rings is 1. The predicted molar refractivity (Wildman–Crippen MR) is 110 cm³/mol. The fourth-order valence-corrected chi connectivity index (χ4v) is 3.69. The summed E-state index contributed by atoms with van der Waals surface area (Å²) >= 11 is 0. The molecule has 2 aromatic heterocycles. The molecule has 13 heteroatoms. The largest absolute Gasteiger partial charge is 0.434 e. The predicted octanol–water partition coefficient (Wildman–Crippen LogP) is 0.580. The molecule has 33 heavy (non-hydrogen) atoms. The number of ether oxygens (including phenoxy) is 1. The van der Waals surface area contributed by atoms with Crippen molar-refractivity contribution < 1.29 is 32.9 Å². The van der Waals surface area contributed by atoms with Crippen LogP contribution in [0.3, 0.4) is 0 Å². The molecule has 2 aromatic rings. The van der Waals surface area contributed by atoms with Gasteiger partial charge in [-0.2, -0.15) is 13.2 Å². The van der Waals surface area contributed by atoms with Gasteiger partial charge in [-0.3, -0.25) is 9.78 Å². The molecule has 1 fully saturated rings. The van der Waals surface area contributed by atoms with E-state index in [0.717, 1.165) is 37.0 Å². The Balaban J connectivity index is 1.32. The molecule has 0 aliphatic carbocycles. The number of carbonyl (C=O) groups is 1. The molecule has 5 N–H and O–H groups in total. The molecule has 1 amide bonds. The van der Waals surface area contributed by atoms with E-state index in [-0.39, 0.29) is 24.7 Å². The highest BCUT2D eigenvalue weighted by atomic mass is 19.4. The summed E-state index contributed by atoms with van der Waals surface area (Å²) in [5.41, 5.74) is 0.748. The van der Waals surface area contributed by atoms with Crippen molar-refractivity contribution in [3.05, 3.63) is 41.6 Å². The van der Waals surface area contributed by atoms with Crippen LogP contribution in [-0.2, 0) is 17.3 Å². The van der Waals surface area contributed by atoms with Gasteiger partial charge in [0.1, 0.15) is 29.8 Å². The number of aliphatic hydroxyl groups is 2. The third-order valence-electron chi connectivity index (χ3n) is 5.47. The van der Waals surface area contributed by atoms with Gasteiger partial charge in [-0.1, -0.05) is 0 Å². The van der Waals surface area contributed by atoms with Crippen molar-refractivity contribution in [2.75, 3.05) is 30.3 Å².